The van der Waals surface area contributed by atoms with Gasteiger partial charge in [-0.25, -0.2) is 0 Å². The van der Waals surface area contributed by atoms with E-state index in [0.717, 1.165) is 17.8 Å². The van der Waals surface area contributed by atoms with Crippen LogP contribution < -0.4 is 5.32 Å². The van der Waals surface area contributed by atoms with E-state index in [9.17, 15) is 0 Å². The summed E-state index contributed by atoms with van der Waals surface area (Å²) in [6, 6.07) is 11.0. The summed E-state index contributed by atoms with van der Waals surface area (Å²) in [6.07, 6.45) is 1.06. The first-order chi connectivity index (χ1) is 9.51. The first-order valence-corrected chi connectivity index (χ1v) is 7.31. The number of hydrogen-bond donors (Lipinski definition) is 1. The fourth-order valence-corrected chi connectivity index (χ4v) is 2.89. The summed E-state index contributed by atoms with van der Waals surface area (Å²) in [6.45, 7) is 10.7. The molecule has 2 heteroatoms. The first-order valence-electron chi connectivity index (χ1n) is 7.31. The maximum atomic E-state index is 4.59. The van der Waals surface area contributed by atoms with Crippen molar-refractivity contribution in [1.29, 1.82) is 0 Å². The average molecular weight is 268 g/mol. The number of nitrogens with zero attached hydrogens (tertiary/aromatic N) is 1. The monoisotopic (exact) mass is 268 g/mol. The van der Waals surface area contributed by atoms with E-state index >= 15 is 0 Å². The Kier molecular flexibility index (Phi) is 4.43. The number of aromatic nitrogens is 1. The molecule has 0 amide bonds. The molecule has 1 atom stereocenters. The summed E-state index contributed by atoms with van der Waals surface area (Å²) in [5, 5.41) is 3.59. The molecule has 1 unspecified atom stereocenters. The Bertz CT molecular complexity index is 579. The Hall–Kier alpha value is -1.83. The zero-order valence-electron chi connectivity index (χ0n) is 13.1. The topological polar surface area (TPSA) is 24.9 Å². The van der Waals surface area contributed by atoms with Gasteiger partial charge in [-0.15, -0.1) is 0 Å². The van der Waals surface area contributed by atoms with Gasteiger partial charge < -0.3 is 5.32 Å². The van der Waals surface area contributed by atoms with Crippen molar-refractivity contribution in [3.8, 4) is 0 Å². The standard InChI is InChI=1S/C18H24N2/c1-6-16-8-7-9-17(11-16)20-15(5)18-12(2)10-13(3)19-14(18)4/h7-11,15,20H,6H2,1-5H3. The predicted octanol–water partition coefficient (Wildman–Crippen LogP) is 4.74. The number of nitrogens with one attached hydrogen (secondary N) is 1. The van der Waals surface area contributed by atoms with Crippen LogP contribution in [0.5, 0.6) is 0 Å². The highest BCUT2D eigenvalue weighted by Gasteiger charge is 2.13. The van der Waals surface area contributed by atoms with Gasteiger partial charge in [-0.2, -0.15) is 0 Å². The Morgan fingerprint density at radius 3 is 2.55 bits per heavy atom. The minimum atomic E-state index is 0.259. The third-order valence-electron chi connectivity index (χ3n) is 3.74. The van der Waals surface area contributed by atoms with Crippen LogP contribution in [0.15, 0.2) is 30.3 Å². The molecule has 1 heterocycles. The molecule has 20 heavy (non-hydrogen) atoms. The lowest BCUT2D eigenvalue weighted by Crippen LogP contribution is -2.11. The van der Waals surface area contributed by atoms with E-state index in [1.54, 1.807) is 0 Å². The Morgan fingerprint density at radius 2 is 1.90 bits per heavy atom. The van der Waals surface area contributed by atoms with Gasteiger partial charge in [-0.05, 0) is 69.0 Å². The highest BCUT2D eigenvalue weighted by molar-refractivity contribution is 5.49. The molecule has 0 aliphatic heterocycles. The molecule has 2 rings (SSSR count). The summed E-state index contributed by atoms with van der Waals surface area (Å²) < 4.78 is 0. The van der Waals surface area contributed by atoms with Crippen molar-refractivity contribution in [2.45, 2.75) is 47.1 Å². The van der Waals surface area contributed by atoms with Crippen LogP contribution in [0.2, 0.25) is 0 Å². The number of anilines is 1. The Balaban J connectivity index is 2.26. The first kappa shape index (κ1) is 14.6. The van der Waals surface area contributed by atoms with E-state index in [-0.39, 0.29) is 6.04 Å². The second kappa shape index (κ2) is 6.08. The van der Waals surface area contributed by atoms with Gasteiger partial charge in [0.15, 0.2) is 0 Å². The van der Waals surface area contributed by atoms with Gasteiger partial charge in [-0.1, -0.05) is 19.1 Å². The highest BCUT2D eigenvalue weighted by Crippen LogP contribution is 2.25. The van der Waals surface area contributed by atoms with Gasteiger partial charge in [0.2, 0.25) is 0 Å². The van der Waals surface area contributed by atoms with Gasteiger partial charge in [0.05, 0.1) is 6.04 Å². The molecule has 2 nitrogen and oxygen atoms in total. The maximum Gasteiger partial charge on any atom is 0.0506 e. The van der Waals surface area contributed by atoms with Crippen LogP contribution in [0.1, 0.15) is 48.0 Å². The molecule has 0 saturated carbocycles. The number of aryl methyl sites for hydroxylation is 4. The van der Waals surface area contributed by atoms with Crippen molar-refractivity contribution in [1.82, 2.24) is 4.98 Å². The average Bonchev–Trinajstić information content (AvgIpc) is 2.37. The Labute approximate surface area is 122 Å². The molecule has 1 N–H and O–H groups in total. The molecule has 0 bridgehead atoms. The zero-order chi connectivity index (χ0) is 14.7. The second-order valence-corrected chi connectivity index (χ2v) is 5.50. The molecule has 0 aliphatic carbocycles. The predicted molar refractivity (Wildman–Crippen MR) is 86.3 cm³/mol. The molecule has 0 saturated heterocycles. The largest absolute Gasteiger partial charge is 0.378 e. The van der Waals surface area contributed by atoms with Crippen LogP contribution in [-0.4, -0.2) is 4.98 Å². The van der Waals surface area contributed by atoms with Gasteiger partial charge in [-0.3, -0.25) is 4.98 Å². The van der Waals surface area contributed by atoms with Gasteiger partial charge in [0, 0.05) is 17.1 Å². The molecular formula is C18H24N2. The van der Waals surface area contributed by atoms with E-state index in [2.05, 4.69) is 68.3 Å². The van der Waals surface area contributed by atoms with Gasteiger partial charge in [0.1, 0.15) is 0 Å². The normalized spacial score (nSPS) is 12.2. The molecule has 0 radical (unpaired) electrons. The van der Waals surface area contributed by atoms with Crippen molar-refractivity contribution in [3.63, 3.8) is 0 Å². The van der Waals surface area contributed by atoms with Gasteiger partial charge in [0.25, 0.3) is 0 Å². The van der Waals surface area contributed by atoms with Crippen LogP contribution >= 0.6 is 0 Å². The fraction of sp³-hybridized carbons (Fsp3) is 0.389. The third-order valence-corrected chi connectivity index (χ3v) is 3.74. The molecule has 1 aromatic heterocycles. The minimum absolute atomic E-state index is 0.259. The van der Waals surface area contributed by atoms with E-state index in [4.69, 9.17) is 0 Å². The highest BCUT2D eigenvalue weighted by atomic mass is 14.9. The summed E-state index contributed by atoms with van der Waals surface area (Å²) in [5.74, 6) is 0. The van der Waals surface area contributed by atoms with Crippen LogP contribution in [0, 0.1) is 20.8 Å². The van der Waals surface area contributed by atoms with E-state index in [0.29, 0.717) is 0 Å². The fourth-order valence-electron chi connectivity index (χ4n) is 2.89. The summed E-state index contributed by atoms with van der Waals surface area (Å²) >= 11 is 0. The number of hydrogen-bond acceptors (Lipinski definition) is 2. The van der Waals surface area contributed by atoms with Crippen molar-refractivity contribution in [2.24, 2.45) is 0 Å². The van der Waals surface area contributed by atoms with E-state index in [1.807, 2.05) is 6.92 Å². The van der Waals surface area contributed by atoms with Crippen molar-refractivity contribution in [3.05, 3.63) is 58.4 Å². The summed E-state index contributed by atoms with van der Waals surface area (Å²) in [4.78, 5) is 4.59. The lowest BCUT2D eigenvalue weighted by molar-refractivity contribution is 0.842. The lowest BCUT2D eigenvalue weighted by atomic mass is 10.00. The number of pyridine rings is 1. The van der Waals surface area contributed by atoms with Gasteiger partial charge >= 0.3 is 0 Å². The van der Waals surface area contributed by atoms with Crippen molar-refractivity contribution in [2.75, 3.05) is 5.32 Å². The summed E-state index contributed by atoms with van der Waals surface area (Å²) in [7, 11) is 0. The molecule has 2 aromatic rings. The summed E-state index contributed by atoms with van der Waals surface area (Å²) in [5.41, 5.74) is 7.35. The van der Waals surface area contributed by atoms with Crippen LogP contribution in [0.4, 0.5) is 5.69 Å². The molecule has 1 aromatic carbocycles. The third kappa shape index (κ3) is 3.19. The van der Waals surface area contributed by atoms with Crippen LogP contribution in [-0.2, 0) is 6.42 Å². The Morgan fingerprint density at radius 1 is 1.15 bits per heavy atom. The van der Waals surface area contributed by atoms with Crippen molar-refractivity contribution >= 4 is 5.69 Å². The number of benzene rings is 1. The SMILES string of the molecule is CCc1cccc(NC(C)c2c(C)cc(C)nc2C)c1. The maximum absolute atomic E-state index is 4.59. The van der Waals surface area contributed by atoms with Crippen LogP contribution in [0.25, 0.3) is 0 Å². The minimum Gasteiger partial charge on any atom is -0.378 e. The van der Waals surface area contributed by atoms with Crippen molar-refractivity contribution < 1.29 is 0 Å². The molecular weight excluding hydrogens is 244 g/mol. The molecule has 106 valence electrons. The molecule has 0 spiro atoms. The van der Waals surface area contributed by atoms with E-state index in [1.165, 1.54) is 22.4 Å². The molecule has 0 aliphatic rings. The zero-order valence-corrected chi connectivity index (χ0v) is 13.1. The smallest absolute Gasteiger partial charge is 0.0506 e. The van der Waals surface area contributed by atoms with Crippen LogP contribution in [0.3, 0.4) is 0 Å². The second-order valence-electron chi connectivity index (χ2n) is 5.50. The lowest BCUT2D eigenvalue weighted by Gasteiger charge is -2.20. The number of rotatable bonds is 4. The molecule has 0 fully saturated rings. The van der Waals surface area contributed by atoms with E-state index < -0.39 is 0 Å². The quantitative estimate of drug-likeness (QED) is 0.866.